The van der Waals surface area contributed by atoms with Gasteiger partial charge in [0.2, 0.25) is 0 Å². The summed E-state index contributed by atoms with van der Waals surface area (Å²) in [6, 6.07) is 12.6. The van der Waals surface area contributed by atoms with Gasteiger partial charge in [0.15, 0.2) is 5.13 Å². The number of hydrogen-bond donors (Lipinski definition) is 1. The van der Waals surface area contributed by atoms with Crippen LogP contribution >= 0.6 is 11.3 Å². The number of nitrogens with zero attached hydrogens (tertiary/aromatic N) is 3. The number of aryl methyl sites for hydroxylation is 2. The van der Waals surface area contributed by atoms with Gasteiger partial charge in [-0.15, -0.1) is 11.3 Å². The fraction of sp³-hybridized carbons (Fsp3) is 0.448. The van der Waals surface area contributed by atoms with Gasteiger partial charge in [-0.25, -0.2) is 4.98 Å². The van der Waals surface area contributed by atoms with Crippen molar-refractivity contribution in [3.8, 4) is 17.0 Å². The first-order valence-corrected chi connectivity index (χ1v) is 15.5. The van der Waals surface area contributed by atoms with Gasteiger partial charge in [-0.1, -0.05) is 29.8 Å². The highest BCUT2D eigenvalue weighted by molar-refractivity contribution is 7.85. The smallest absolute Gasteiger partial charge is 0.308 e. The molecule has 0 radical (unpaired) electrons. The molecule has 1 N–H and O–H groups in total. The van der Waals surface area contributed by atoms with Gasteiger partial charge in [0.25, 0.3) is 0 Å². The Labute approximate surface area is 230 Å². The molecule has 2 aliphatic rings. The molecule has 38 heavy (non-hydrogen) atoms. The van der Waals surface area contributed by atoms with Crippen LogP contribution < -0.4 is 9.64 Å². The molecule has 2 aliphatic heterocycles. The molecule has 2 aromatic carbocycles. The van der Waals surface area contributed by atoms with E-state index in [4.69, 9.17) is 9.72 Å². The molecule has 2 atom stereocenters. The quantitative estimate of drug-likeness (QED) is 0.426. The second-order valence-corrected chi connectivity index (χ2v) is 12.9. The summed E-state index contributed by atoms with van der Waals surface area (Å²) in [5.41, 5.74) is 6.54. The van der Waals surface area contributed by atoms with Crippen molar-refractivity contribution in [2.45, 2.75) is 46.4 Å². The Morgan fingerprint density at radius 3 is 2.66 bits per heavy atom. The molecule has 202 valence electrons. The van der Waals surface area contributed by atoms with E-state index >= 15 is 0 Å². The lowest BCUT2D eigenvalue weighted by atomic mass is 10.0. The zero-order valence-corrected chi connectivity index (χ0v) is 23.8. The summed E-state index contributed by atoms with van der Waals surface area (Å²) >= 11 is 1.55. The molecule has 3 aromatic rings. The van der Waals surface area contributed by atoms with E-state index in [2.05, 4.69) is 47.9 Å². The van der Waals surface area contributed by atoms with Gasteiger partial charge in [-0.2, -0.15) is 0 Å². The number of anilines is 1. The predicted molar refractivity (Wildman–Crippen MR) is 154 cm³/mol. The van der Waals surface area contributed by atoms with E-state index in [-0.39, 0.29) is 12.0 Å². The third-order valence-corrected chi connectivity index (χ3v) is 9.84. The lowest BCUT2D eigenvalue weighted by molar-refractivity contribution is -0.141. The highest BCUT2D eigenvalue weighted by Gasteiger charge is 2.37. The topological polar surface area (TPSA) is 83.0 Å². The minimum absolute atomic E-state index is 0.0791. The number of aliphatic carboxylic acids is 1. The summed E-state index contributed by atoms with van der Waals surface area (Å²) in [5.74, 6) is 1.22. The number of rotatable bonds is 8. The maximum absolute atomic E-state index is 11.6. The number of hydrogen-bond acceptors (Lipinski definition) is 7. The van der Waals surface area contributed by atoms with Crippen LogP contribution in [0.1, 0.15) is 35.6 Å². The van der Waals surface area contributed by atoms with E-state index < -0.39 is 16.8 Å². The van der Waals surface area contributed by atoms with E-state index in [1.807, 2.05) is 24.4 Å². The number of aromatic nitrogens is 1. The van der Waals surface area contributed by atoms with Gasteiger partial charge in [-0.3, -0.25) is 13.9 Å². The Balaban J connectivity index is 1.28. The SMILES string of the molecule is Cc1ccc(OCc2ccc(CN3CCS(=O)CC3)cc2C)c(-c2csc(N3CCC(C(=O)O)C3C)n2)c1. The largest absolute Gasteiger partial charge is 0.488 e. The van der Waals surface area contributed by atoms with Crippen molar-refractivity contribution in [2.24, 2.45) is 5.92 Å². The van der Waals surface area contributed by atoms with Crippen molar-refractivity contribution in [1.29, 1.82) is 0 Å². The van der Waals surface area contributed by atoms with Crippen LogP contribution in [0.3, 0.4) is 0 Å². The zero-order valence-electron chi connectivity index (χ0n) is 22.2. The summed E-state index contributed by atoms with van der Waals surface area (Å²) in [5, 5.41) is 12.4. The third-order valence-electron chi connectivity index (χ3n) is 7.69. The van der Waals surface area contributed by atoms with Gasteiger partial charge < -0.3 is 14.7 Å². The fourth-order valence-corrected chi connectivity index (χ4v) is 7.36. The average Bonchev–Trinajstić information content (AvgIpc) is 3.52. The normalized spacial score (nSPS) is 20.7. The van der Waals surface area contributed by atoms with Crippen LogP contribution in [-0.4, -0.2) is 62.4 Å². The van der Waals surface area contributed by atoms with Crippen LogP contribution in [0.5, 0.6) is 5.75 Å². The summed E-state index contributed by atoms with van der Waals surface area (Å²) in [4.78, 5) is 20.9. The van der Waals surface area contributed by atoms with Gasteiger partial charge in [0, 0.05) is 65.5 Å². The average molecular weight is 554 g/mol. The molecule has 0 bridgehead atoms. The Morgan fingerprint density at radius 1 is 1.16 bits per heavy atom. The van der Waals surface area contributed by atoms with Crippen molar-refractivity contribution < 1.29 is 18.8 Å². The molecule has 0 aliphatic carbocycles. The minimum atomic E-state index is -0.737. The van der Waals surface area contributed by atoms with Crippen LogP contribution in [0.15, 0.2) is 41.8 Å². The van der Waals surface area contributed by atoms with Crippen molar-refractivity contribution in [1.82, 2.24) is 9.88 Å². The standard InChI is InChI=1S/C29H35N3O4S2/c1-19-4-7-27(25(14-19)26-18-37-29(30-26)32-9-8-24(21(32)3)28(33)34)36-17-23-6-5-22(15-20(23)2)16-31-10-12-38(35)13-11-31/h4-7,14-15,18,21,24H,8-13,16-17H2,1-3H3,(H,33,34). The molecule has 5 rings (SSSR count). The van der Waals surface area contributed by atoms with Crippen molar-refractivity contribution in [3.05, 3.63) is 64.0 Å². The molecule has 2 saturated heterocycles. The number of carboxylic acids is 1. The molecule has 0 amide bonds. The van der Waals surface area contributed by atoms with Crippen LogP contribution in [0, 0.1) is 19.8 Å². The van der Waals surface area contributed by atoms with E-state index in [0.717, 1.165) is 64.4 Å². The van der Waals surface area contributed by atoms with Crippen LogP contribution in [0.2, 0.25) is 0 Å². The first-order chi connectivity index (χ1) is 18.3. The van der Waals surface area contributed by atoms with E-state index in [1.165, 1.54) is 11.1 Å². The van der Waals surface area contributed by atoms with E-state index in [1.54, 1.807) is 11.3 Å². The van der Waals surface area contributed by atoms with Gasteiger partial charge in [-0.05, 0) is 56.0 Å². The molecule has 0 saturated carbocycles. The molecule has 1 aromatic heterocycles. The molecule has 7 nitrogen and oxygen atoms in total. The van der Waals surface area contributed by atoms with Crippen molar-refractivity contribution in [3.63, 3.8) is 0 Å². The lowest BCUT2D eigenvalue weighted by Crippen LogP contribution is -2.37. The molecular weight excluding hydrogens is 518 g/mol. The van der Waals surface area contributed by atoms with Crippen LogP contribution in [-0.2, 0) is 28.7 Å². The number of carboxylic acid groups (broad SMARTS) is 1. The number of benzene rings is 2. The molecule has 3 heterocycles. The highest BCUT2D eigenvalue weighted by Crippen LogP contribution is 2.37. The fourth-order valence-electron chi connectivity index (χ4n) is 5.30. The van der Waals surface area contributed by atoms with E-state index in [0.29, 0.717) is 19.6 Å². The van der Waals surface area contributed by atoms with Gasteiger partial charge in [0.1, 0.15) is 12.4 Å². The molecule has 2 fully saturated rings. The summed E-state index contributed by atoms with van der Waals surface area (Å²) in [6.45, 7) is 9.98. The monoisotopic (exact) mass is 553 g/mol. The first kappa shape index (κ1) is 26.8. The Hall–Kier alpha value is -2.75. The Morgan fingerprint density at radius 2 is 1.95 bits per heavy atom. The Kier molecular flexibility index (Phi) is 8.16. The Bertz CT molecular complexity index is 1330. The third kappa shape index (κ3) is 5.95. The predicted octanol–water partition coefficient (Wildman–Crippen LogP) is 4.87. The van der Waals surface area contributed by atoms with Crippen molar-refractivity contribution >= 4 is 33.2 Å². The van der Waals surface area contributed by atoms with E-state index in [9.17, 15) is 14.1 Å². The van der Waals surface area contributed by atoms with Crippen molar-refractivity contribution in [2.75, 3.05) is 36.0 Å². The number of ether oxygens (including phenoxy) is 1. The molecular formula is C29H35N3O4S2. The zero-order chi connectivity index (χ0) is 26.8. The highest BCUT2D eigenvalue weighted by atomic mass is 32.2. The van der Waals surface area contributed by atoms with Crippen LogP contribution in [0.4, 0.5) is 5.13 Å². The maximum Gasteiger partial charge on any atom is 0.308 e. The maximum atomic E-state index is 11.6. The summed E-state index contributed by atoms with van der Waals surface area (Å²) in [6.07, 6.45) is 0.640. The second-order valence-electron chi connectivity index (χ2n) is 10.4. The number of thiazole rings is 1. The number of carbonyl (C=O) groups is 1. The van der Waals surface area contributed by atoms with Crippen LogP contribution in [0.25, 0.3) is 11.3 Å². The van der Waals surface area contributed by atoms with Gasteiger partial charge >= 0.3 is 5.97 Å². The molecule has 0 spiro atoms. The molecule has 2 unspecified atom stereocenters. The first-order valence-electron chi connectivity index (χ1n) is 13.1. The lowest BCUT2D eigenvalue weighted by Gasteiger charge is -2.26. The van der Waals surface area contributed by atoms with Gasteiger partial charge in [0.05, 0.1) is 11.6 Å². The summed E-state index contributed by atoms with van der Waals surface area (Å²) < 4.78 is 18.0. The minimum Gasteiger partial charge on any atom is -0.488 e. The molecule has 9 heteroatoms. The second kappa shape index (κ2) is 11.6. The summed E-state index contributed by atoms with van der Waals surface area (Å²) in [7, 11) is -0.656.